The van der Waals surface area contributed by atoms with E-state index in [1.807, 2.05) is 12.3 Å². The van der Waals surface area contributed by atoms with Crippen molar-refractivity contribution in [3.63, 3.8) is 0 Å². The first-order valence-electron chi connectivity index (χ1n) is 17.0. The van der Waals surface area contributed by atoms with Crippen LogP contribution < -0.4 is 9.64 Å². The molecule has 0 bridgehead atoms. The maximum Gasteiger partial charge on any atom is 0.137 e. The summed E-state index contributed by atoms with van der Waals surface area (Å²) in [6.45, 7) is 17.5. The molecule has 4 aromatic carbocycles. The largest absolute Gasteiger partial charge is 0.457 e. The van der Waals surface area contributed by atoms with Gasteiger partial charge in [-0.1, -0.05) is 39.0 Å². The number of para-hydroxylation sites is 1. The van der Waals surface area contributed by atoms with Gasteiger partial charge < -0.3 is 9.64 Å². The minimum Gasteiger partial charge on any atom is -0.457 e. The lowest BCUT2D eigenvalue weighted by molar-refractivity contribution is 0.478. The molecule has 7 rings (SSSR count). The number of rotatable bonds is 6. The number of hydrogen-bond donors (Lipinski definition) is 0. The van der Waals surface area contributed by atoms with E-state index in [1.54, 1.807) is 0 Å². The number of ether oxygens (including phenoxy) is 1. The van der Waals surface area contributed by atoms with Crippen LogP contribution in [0.3, 0.4) is 0 Å². The summed E-state index contributed by atoms with van der Waals surface area (Å²) in [5.74, 6) is 2.43. The average molecular weight is 648 g/mol. The number of hydrogen-bond acceptors (Lipinski definition) is 4. The van der Waals surface area contributed by atoms with Gasteiger partial charge in [0.2, 0.25) is 0 Å². The summed E-state index contributed by atoms with van der Waals surface area (Å²) in [7, 11) is 4.17. The number of anilines is 1. The molecule has 0 saturated carbocycles. The standard InChI is InChI=1S/C43H45N5O/c1-26-17-18-44-40(19-26)47-38-14-12-11-13-36(38)37-16-15-34(25-39(37)47)49-35-23-31(43(6,7)8)22-33(24-35)48-30(5)42(29(4)45-48)41-27(2)20-32(46(9)10)21-28(41)3/h11-25H,1-10H3. The van der Waals surface area contributed by atoms with Gasteiger partial charge in [0.05, 0.1) is 22.4 Å². The van der Waals surface area contributed by atoms with Crippen molar-refractivity contribution < 1.29 is 4.74 Å². The van der Waals surface area contributed by atoms with Crippen LogP contribution in [0.1, 0.15) is 54.4 Å². The molecule has 0 amide bonds. The quantitative estimate of drug-likeness (QED) is 0.180. The van der Waals surface area contributed by atoms with Crippen molar-refractivity contribution in [1.82, 2.24) is 19.3 Å². The van der Waals surface area contributed by atoms with E-state index in [-0.39, 0.29) is 5.41 Å². The average Bonchev–Trinajstić information content (AvgIpc) is 3.53. The summed E-state index contributed by atoms with van der Waals surface area (Å²) in [6, 6.07) is 30.0. The molecule has 0 saturated heterocycles. The third-order valence-electron chi connectivity index (χ3n) is 9.59. The van der Waals surface area contributed by atoms with Crippen LogP contribution >= 0.6 is 0 Å². The Balaban J connectivity index is 1.35. The molecular formula is C43H45N5O. The molecule has 7 aromatic rings. The van der Waals surface area contributed by atoms with Gasteiger partial charge in [0.15, 0.2) is 0 Å². The lowest BCUT2D eigenvalue weighted by atomic mass is 9.86. The van der Waals surface area contributed by atoms with Gasteiger partial charge in [0, 0.05) is 60.1 Å². The molecule has 6 heteroatoms. The molecule has 0 radical (unpaired) electrons. The van der Waals surface area contributed by atoms with Crippen LogP contribution in [0.25, 0.3) is 44.4 Å². The Hall–Kier alpha value is -5.36. The number of aromatic nitrogens is 4. The van der Waals surface area contributed by atoms with Gasteiger partial charge >= 0.3 is 0 Å². The van der Waals surface area contributed by atoms with Gasteiger partial charge in [-0.3, -0.25) is 4.57 Å². The first-order valence-corrected chi connectivity index (χ1v) is 17.0. The Morgan fingerprint density at radius 2 is 1.41 bits per heavy atom. The molecular weight excluding hydrogens is 603 g/mol. The van der Waals surface area contributed by atoms with Crippen molar-refractivity contribution >= 4 is 27.5 Å². The van der Waals surface area contributed by atoms with E-state index >= 15 is 0 Å². The minimum absolute atomic E-state index is 0.102. The fourth-order valence-electron chi connectivity index (χ4n) is 7.09. The Morgan fingerprint density at radius 1 is 0.694 bits per heavy atom. The van der Waals surface area contributed by atoms with Crippen LogP contribution in [0.2, 0.25) is 0 Å². The van der Waals surface area contributed by atoms with Gasteiger partial charge in [-0.25, -0.2) is 9.67 Å². The van der Waals surface area contributed by atoms with Gasteiger partial charge in [0.1, 0.15) is 17.3 Å². The van der Waals surface area contributed by atoms with Crippen molar-refractivity contribution in [3.8, 4) is 34.1 Å². The van der Waals surface area contributed by atoms with E-state index in [0.717, 1.165) is 56.4 Å². The summed E-state index contributed by atoms with van der Waals surface area (Å²) < 4.78 is 11.1. The SMILES string of the molecule is Cc1ccnc(-n2c3ccccc3c3ccc(Oc4cc(-n5nc(C)c(-c6c(C)cc(N(C)C)cc6C)c5C)cc(C(C)(C)C)c4)cc32)c1. The maximum atomic E-state index is 6.75. The summed E-state index contributed by atoms with van der Waals surface area (Å²) in [4.78, 5) is 6.91. The van der Waals surface area contributed by atoms with E-state index in [2.05, 4.69) is 162 Å². The van der Waals surface area contributed by atoms with Gasteiger partial charge in [0.25, 0.3) is 0 Å². The molecule has 0 aliphatic rings. The monoisotopic (exact) mass is 647 g/mol. The third-order valence-corrected chi connectivity index (χ3v) is 9.59. The zero-order valence-electron chi connectivity index (χ0n) is 30.3. The summed E-state index contributed by atoms with van der Waals surface area (Å²) in [5.41, 5.74) is 13.6. The fraction of sp³-hybridized carbons (Fsp3) is 0.256. The zero-order chi connectivity index (χ0) is 34.8. The van der Waals surface area contributed by atoms with Crippen molar-refractivity contribution in [2.45, 2.75) is 60.8 Å². The number of aryl methyl sites for hydroxylation is 4. The first kappa shape index (κ1) is 32.2. The molecule has 6 nitrogen and oxygen atoms in total. The third kappa shape index (κ3) is 5.75. The number of pyridine rings is 1. The van der Waals surface area contributed by atoms with Crippen LogP contribution in [-0.2, 0) is 5.41 Å². The summed E-state index contributed by atoms with van der Waals surface area (Å²) in [5, 5.41) is 7.47. The predicted molar refractivity (Wildman–Crippen MR) is 204 cm³/mol. The highest BCUT2D eigenvalue weighted by atomic mass is 16.5. The van der Waals surface area contributed by atoms with Crippen molar-refractivity contribution in [2.75, 3.05) is 19.0 Å². The van der Waals surface area contributed by atoms with Crippen molar-refractivity contribution in [3.05, 3.63) is 125 Å². The summed E-state index contributed by atoms with van der Waals surface area (Å²) in [6.07, 6.45) is 1.87. The Bertz CT molecular complexity index is 2360. The smallest absolute Gasteiger partial charge is 0.137 e. The zero-order valence-corrected chi connectivity index (χ0v) is 30.3. The molecule has 0 aliphatic carbocycles. The molecule has 0 N–H and O–H groups in total. The molecule has 0 unspecified atom stereocenters. The second-order valence-corrected chi connectivity index (χ2v) is 14.6. The lowest BCUT2D eigenvalue weighted by Gasteiger charge is -2.22. The highest BCUT2D eigenvalue weighted by Crippen LogP contribution is 2.39. The van der Waals surface area contributed by atoms with E-state index in [0.29, 0.717) is 0 Å². The molecule has 0 aliphatic heterocycles. The molecule has 3 aromatic heterocycles. The van der Waals surface area contributed by atoms with E-state index < -0.39 is 0 Å². The number of benzene rings is 4. The predicted octanol–water partition coefficient (Wildman–Crippen LogP) is 10.7. The molecule has 248 valence electrons. The minimum atomic E-state index is -0.102. The second-order valence-electron chi connectivity index (χ2n) is 14.6. The van der Waals surface area contributed by atoms with Gasteiger partial charge in [-0.15, -0.1) is 0 Å². The fourth-order valence-corrected chi connectivity index (χ4v) is 7.09. The highest BCUT2D eigenvalue weighted by molar-refractivity contribution is 6.09. The molecule has 3 heterocycles. The normalized spacial score (nSPS) is 11.9. The lowest BCUT2D eigenvalue weighted by Crippen LogP contribution is -2.12. The first-order chi connectivity index (χ1) is 23.3. The molecule has 0 fully saturated rings. The van der Waals surface area contributed by atoms with Crippen LogP contribution in [0.5, 0.6) is 11.5 Å². The molecule has 0 spiro atoms. The maximum absolute atomic E-state index is 6.75. The summed E-state index contributed by atoms with van der Waals surface area (Å²) >= 11 is 0. The van der Waals surface area contributed by atoms with Crippen LogP contribution in [0.15, 0.2) is 91.1 Å². The number of nitrogens with zero attached hydrogens (tertiary/aromatic N) is 5. The Kier molecular flexibility index (Phi) is 7.86. The van der Waals surface area contributed by atoms with Gasteiger partial charge in [-0.05, 0) is 122 Å². The molecule has 0 atom stereocenters. The van der Waals surface area contributed by atoms with Crippen LogP contribution in [0.4, 0.5) is 5.69 Å². The topological polar surface area (TPSA) is 48.1 Å². The van der Waals surface area contributed by atoms with Crippen LogP contribution in [0, 0.1) is 34.6 Å². The number of fused-ring (bicyclic) bond motifs is 3. The Labute approximate surface area is 289 Å². The molecule has 49 heavy (non-hydrogen) atoms. The van der Waals surface area contributed by atoms with Crippen LogP contribution in [-0.4, -0.2) is 33.4 Å². The second kappa shape index (κ2) is 12.0. The van der Waals surface area contributed by atoms with Crippen molar-refractivity contribution in [2.24, 2.45) is 0 Å². The van der Waals surface area contributed by atoms with Gasteiger partial charge in [-0.2, -0.15) is 5.10 Å². The Morgan fingerprint density at radius 3 is 2.10 bits per heavy atom. The van der Waals surface area contributed by atoms with E-state index in [9.17, 15) is 0 Å². The van der Waals surface area contributed by atoms with E-state index in [4.69, 9.17) is 14.8 Å². The van der Waals surface area contributed by atoms with Crippen molar-refractivity contribution in [1.29, 1.82) is 0 Å². The highest BCUT2D eigenvalue weighted by Gasteiger charge is 2.22. The van der Waals surface area contributed by atoms with E-state index in [1.165, 1.54) is 38.9 Å².